The van der Waals surface area contributed by atoms with E-state index in [-0.39, 0.29) is 5.91 Å². The standard InChI is InChI=1S/C19H13ClN2O2S/c1-11-13(19-22-15-10-12(20)7-8-16(15)24-19)4-2-5-14(11)21-18(23)17-6-3-9-25-17/h2-10H,1H3,(H,21,23). The summed E-state index contributed by atoms with van der Waals surface area (Å²) in [6.07, 6.45) is 0. The van der Waals surface area contributed by atoms with Gasteiger partial charge in [-0.05, 0) is 54.3 Å². The van der Waals surface area contributed by atoms with Crippen LogP contribution in [0.1, 0.15) is 15.2 Å². The molecule has 0 saturated carbocycles. The highest BCUT2D eigenvalue weighted by molar-refractivity contribution is 7.12. The molecule has 0 aliphatic heterocycles. The number of hydrogen-bond donors (Lipinski definition) is 1. The first kappa shape index (κ1) is 15.9. The second-order valence-electron chi connectivity index (χ2n) is 5.54. The molecule has 25 heavy (non-hydrogen) atoms. The van der Waals surface area contributed by atoms with E-state index in [4.69, 9.17) is 16.0 Å². The first-order valence-electron chi connectivity index (χ1n) is 7.63. The summed E-state index contributed by atoms with van der Waals surface area (Å²) in [5.41, 5.74) is 3.83. The van der Waals surface area contributed by atoms with E-state index in [1.165, 1.54) is 11.3 Å². The van der Waals surface area contributed by atoms with Crippen molar-refractivity contribution in [3.05, 3.63) is 69.4 Å². The van der Waals surface area contributed by atoms with Crippen molar-refractivity contribution < 1.29 is 9.21 Å². The fourth-order valence-corrected chi connectivity index (χ4v) is 3.40. The minimum Gasteiger partial charge on any atom is -0.436 e. The smallest absolute Gasteiger partial charge is 0.265 e. The molecule has 6 heteroatoms. The maximum absolute atomic E-state index is 12.3. The van der Waals surface area contributed by atoms with E-state index in [1.807, 2.05) is 36.6 Å². The summed E-state index contributed by atoms with van der Waals surface area (Å²) >= 11 is 7.41. The molecule has 1 N–H and O–H groups in total. The molecule has 0 radical (unpaired) electrons. The Hall–Kier alpha value is -2.63. The second kappa shape index (κ2) is 6.35. The number of benzene rings is 2. The lowest BCUT2D eigenvalue weighted by Crippen LogP contribution is -2.11. The van der Waals surface area contributed by atoms with Gasteiger partial charge in [-0.2, -0.15) is 0 Å². The van der Waals surface area contributed by atoms with E-state index >= 15 is 0 Å². The number of rotatable bonds is 3. The molecule has 0 spiro atoms. The number of amides is 1. The van der Waals surface area contributed by atoms with Crippen LogP contribution in [0, 0.1) is 6.92 Å². The monoisotopic (exact) mass is 368 g/mol. The zero-order chi connectivity index (χ0) is 17.4. The van der Waals surface area contributed by atoms with Crippen LogP contribution < -0.4 is 5.32 Å². The predicted octanol–water partition coefficient (Wildman–Crippen LogP) is 5.77. The number of carbonyl (C=O) groups is 1. The van der Waals surface area contributed by atoms with Crippen LogP contribution in [0.3, 0.4) is 0 Å². The lowest BCUT2D eigenvalue weighted by atomic mass is 10.1. The van der Waals surface area contributed by atoms with Gasteiger partial charge in [-0.25, -0.2) is 4.98 Å². The molecule has 2 heterocycles. The topological polar surface area (TPSA) is 55.1 Å². The number of anilines is 1. The molecule has 2 aromatic heterocycles. The number of nitrogens with one attached hydrogen (secondary N) is 1. The van der Waals surface area contributed by atoms with Gasteiger partial charge >= 0.3 is 0 Å². The Morgan fingerprint density at radius 3 is 2.88 bits per heavy atom. The molecule has 0 unspecified atom stereocenters. The van der Waals surface area contributed by atoms with E-state index in [9.17, 15) is 4.79 Å². The Balaban J connectivity index is 1.71. The number of nitrogens with zero attached hydrogens (tertiary/aromatic N) is 1. The molecule has 0 bridgehead atoms. The van der Waals surface area contributed by atoms with Crippen LogP contribution >= 0.6 is 22.9 Å². The van der Waals surface area contributed by atoms with E-state index in [1.54, 1.807) is 24.3 Å². The average Bonchev–Trinajstić information content (AvgIpc) is 3.25. The minimum atomic E-state index is -0.125. The first-order chi connectivity index (χ1) is 12.1. The lowest BCUT2D eigenvalue weighted by Gasteiger charge is -2.10. The van der Waals surface area contributed by atoms with Gasteiger partial charge in [-0.3, -0.25) is 4.79 Å². The van der Waals surface area contributed by atoms with Crippen molar-refractivity contribution in [3.63, 3.8) is 0 Å². The molecule has 0 aliphatic rings. The zero-order valence-electron chi connectivity index (χ0n) is 13.2. The molecular formula is C19H13ClN2O2S. The van der Waals surface area contributed by atoms with Crippen molar-refractivity contribution in [3.8, 4) is 11.5 Å². The number of halogens is 1. The van der Waals surface area contributed by atoms with Crippen molar-refractivity contribution >= 4 is 45.6 Å². The van der Waals surface area contributed by atoms with E-state index < -0.39 is 0 Å². The number of carbonyl (C=O) groups excluding carboxylic acids is 1. The third kappa shape index (κ3) is 3.04. The lowest BCUT2D eigenvalue weighted by molar-refractivity contribution is 0.103. The molecule has 2 aromatic carbocycles. The molecular weight excluding hydrogens is 356 g/mol. The Bertz CT molecular complexity index is 1070. The van der Waals surface area contributed by atoms with E-state index in [0.29, 0.717) is 26.9 Å². The van der Waals surface area contributed by atoms with Crippen molar-refractivity contribution in [2.24, 2.45) is 0 Å². The summed E-state index contributed by atoms with van der Waals surface area (Å²) < 4.78 is 5.84. The van der Waals surface area contributed by atoms with Crippen LogP contribution in [0.15, 0.2) is 58.3 Å². The highest BCUT2D eigenvalue weighted by Gasteiger charge is 2.15. The molecule has 0 fully saturated rings. The van der Waals surface area contributed by atoms with Crippen LogP contribution in [0.5, 0.6) is 0 Å². The fraction of sp³-hybridized carbons (Fsp3) is 0.0526. The van der Waals surface area contributed by atoms with E-state index in [0.717, 1.165) is 16.8 Å². The zero-order valence-corrected chi connectivity index (χ0v) is 14.8. The number of aromatic nitrogens is 1. The largest absolute Gasteiger partial charge is 0.436 e. The van der Waals surface area contributed by atoms with Gasteiger partial charge in [0.1, 0.15) is 5.52 Å². The molecule has 0 saturated heterocycles. The summed E-state index contributed by atoms with van der Waals surface area (Å²) in [5.74, 6) is 0.376. The summed E-state index contributed by atoms with van der Waals surface area (Å²) in [6.45, 7) is 1.93. The van der Waals surface area contributed by atoms with E-state index in [2.05, 4.69) is 10.3 Å². The van der Waals surface area contributed by atoms with Crippen LogP contribution in [0.2, 0.25) is 5.02 Å². The second-order valence-corrected chi connectivity index (χ2v) is 6.92. The highest BCUT2D eigenvalue weighted by Crippen LogP contribution is 2.31. The summed E-state index contributed by atoms with van der Waals surface area (Å²) in [5, 5.41) is 5.44. The highest BCUT2D eigenvalue weighted by atomic mass is 35.5. The molecule has 4 nitrogen and oxygen atoms in total. The van der Waals surface area contributed by atoms with Gasteiger partial charge in [0.2, 0.25) is 5.89 Å². The molecule has 4 rings (SSSR count). The maximum atomic E-state index is 12.3. The van der Waals surface area contributed by atoms with Gasteiger partial charge in [0.25, 0.3) is 5.91 Å². The van der Waals surface area contributed by atoms with Crippen LogP contribution in [-0.4, -0.2) is 10.9 Å². The number of oxazole rings is 1. The molecule has 0 aliphatic carbocycles. The fourth-order valence-electron chi connectivity index (χ4n) is 2.61. The van der Waals surface area contributed by atoms with Crippen LogP contribution in [0.25, 0.3) is 22.6 Å². The molecule has 0 atom stereocenters. The molecule has 124 valence electrons. The summed E-state index contributed by atoms with van der Waals surface area (Å²) in [4.78, 5) is 17.5. The molecule has 4 aromatic rings. The van der Waals surface area contributed by atoms with Crippen molar-refractivity contribution in [2.75, 3.05) is 5.32 Å². The Labute approximate surface area is 153 Å². The SMILES string of the molecule is Cc1c(NC(=O)c2cccs2)cccc1-c1nc2cc(Cl)ccc2o1. The number of thiophene rings is 1. The van der Waals surface area contributed by atoms with Crippen molar-refractivity contribution in [1.82, 2.24) is 4.98 Å². The average molecular weight is 369 g/mol. The van der Waals surface area contributed by atoms with Gasteiger partial charge in [0.05, 0.1) is 4.88 Å². The Morgan fingerprint density at radius 1 is 1.20 bits per heavy atom. The summed E-state index contributed by atoms with van der Waals surface area (Å²) in [7, 11) is 0. The van der Waals surface area contributed by atoms with Gasteiger partial charge in [0, 0.05) is 16.3 Å². The van der Waals surface area contributed by atoms with Crippen LogP contribution in [0.4, 0.5) is 5.69 Å². The third-order valence-electron chi connectivity index (χ3n) is 3.91. The summed E-state index contributed by atoms with van der Waals surface area (Å²) in [6, 6.07) is 14.6. The number of fused-ring (bicyclic) bond motifs is 1. The van der Waals surface area contributed by atoms with Gasteiger partial charge in [-0.15, -0.1) is 11.3 Å². The third-order valence-corrected chi connectivity index (χ3v) is 5.01. The minimum absolute atomic E-state index is 0.125. The predicted molar refractivity (Wildman–Crippen MR) is 101 cm³/mol. The first-order valence-corrected chi connectivity index (χ1v) is 8.88. The maximum Gasteiger partial charge on any atom is 0.265 e. The molecule has 1 amide bonds. The van der Waals surface area contributed by atoms with Crippen molar-refractivity contribution in [2.45, 2.75) is 6.92 Å². The normalized spacial score (nSPS) is 11.0. The quantitative estimate of drug-likeness (QED) is 0.499. The van der Waals surface area contributed by atoms with Crippen molar-refractivity contribution in [1.29, 1.82) is 0 Å². The Morgan fingerprint density at radius 2 is 2.08 bits per heavy atom. The van der Waals surface area contributed by atoms with Gasteiger partial charge < -0.3 is 9.73 Å². The van der Waals surface area contributed by atoms with Gasteiger partial charge in [-0.1, -0.05) is 23.7 Å². The Kier molecular flexibility index (Phi) is 4.03. The number of hydrogen-bond acceptors (Lipinski definition) is 4. The van der Waals surface area contributed by atoms with Crippen LogP contribution in [-0.2, 0) is 0 Å². The van der Waals surface area contributed by atoms with Gasteiger partial charge in [0.15, 0.2) is 5.58 Å².